The minimum absolute atomic E-state index is 0.361. The number of hydrogen-bond donors (Lipinski definition) is 2. The minimum atomic E-state index is -0.371. The Labute approximate surface area is 184 Å². The zero-order valence-electron chi connectivity index (χ0n) is 18.0. The van der Waals surface area contributed by atoms with Crippen LogP contribution in [0.5, 0.6) is 0 Å². The predicted octanol–water partition coefficient (Wildman–Crippen LogP) is 4.37. The third-order valence-corrected chi connectivity index (χ3v) is 5.48. The number of H-pyrrole nitrogens is 1. The molecule has 32 heavy (non-hydrogen) atoms. The van der Waals surface area contributed by atoms with E-state index in [1.807, 2.05) is 62.3 Å². The molecule has 0 fully saturated rings. The van der Waals surface area contributed by atoms with Crippen LogP contribution in [0.25, 0.3) is 33.1 Å². The molecule has 0 saturated heterocycles. The van der Waals surface area contributed by atoms with E-state index in [2.05, 4.69) is 31.3 Å². The van der Waals surface area contributed by atoms with Crippen LogP contribution in [-0.2, 0) is 0 Å². The third kappa shape index (κ3) is 3.35. The maximum absolute atomic E-state index is 12.8. The quantitative estimate of drug-likeness (QED) is 0.430. The van der Waals surface area contributed by atoms with E-state index in [1.54, 1.807) is 12.4 Å². The number of benzene rings is 2. The molecule has 0 aliphatic heterocycles. The smallest absolute Gasteiger partial charge is 0.343 e. The van der Waals surface area contributed by atoms with Crippen molar-refractivity contribution in [3.05, 3.63) is 77.4 Å². The summed E-state index contributed by atoms with van der Waals surface area (Å²) in [4.78, 5) is 30.7. The van der Waals surface area contributed by atoms with E-state index in [0.29, 0.717) is 28.1 Å². The van der Waals surface area contributed by atoms with Crippen molar-refractivity contribution < 1.29 is 4.42 Å². The predicted molar refractivity (Wildman–Crippen MR) is 126 cm³/mol. The van der Waals surface area contributed by atoms with Gasteiger partial charge in [0, 0.05) is 30.7 Å². The van der Waals surface area contributed by atoms with E-state index in [1.165, 1.54) is 6.33 Å². The number of rotatable bonds is 5. The van der Waals surface area contributed by atoms with Gasteiger partial charge in [-0.1, -0.05) is 30.3 Å². The summed E-state index contributed by atoms with van der Waals surface area (Å²) in [6, 6.07) is 15.3. The molecule has 0 aliphatic rings. The largest absolute Gasteiger partial charge is 0.425 e. The van der Waals surface area contributed by atoms with E-state index in [-0.39, 0.29) is 11.7 Å². The van der Waals surface area contributed by atoms with Gasteiger partial charge in [0.2, 0.25) is 0 Å². The number of nitrogens with zero attached hydrogens (tertiary/aromatic N) is 4. The highest BCUT2D eigenvalue weighted by Crippen LogP contribution is 2.36. The van der Waals surface area contributed by atoms with Crippen LogP contribution in [0.1, 0.15) is 18.7 Å². The lowest BCUT2D eigenvalue weighted by Crippen LogP contribution is -2.14. The second kappa shape index (κ2) is 7.81. The number of nitrogens with one attached hydrogen (secondary N) is 2. The summed E-state index contributed by atoms with van der Waals surface area (Å²) in [5.41, 5.74) is 3.78. The van der Waals surface area contributed by atoms with Crippen LogP contribution in [0, 0.1) is 0 Å². The lowest BCUT2D eigenvalue weighted by molar-refractivity contribution is 0.452. The van der Waals surface area contributed by atoms with Gasteiger partial charge in [-0.2, -0.15) is 0 Å². The van der Waals surface area contributed by atoms with E-state index in [4.69, 9.17) is 4.42 Å². The van der Waals surface area contributed by atoms with E-state index < -0.39 is 0 Å². The van der Waals surface area contributed by atoms with Gasteiger partial charge < -0.3 is 19.6 Å². The van der Waals surface area contributed by atoms with E-state index in [9.17, 15) is 4.79 Å². The van der Waals surface area contributed by atoms with Crippen LogP contribution < -0.4 is 15.8 Å². The highest BCUT2D eigenvalue weighted by molar-refractivity contribution is 5.97. The molecular weight excluding hydrogens is 404 g/mol. The molecule has 1 atom stereocenters. The zero-order chi connectivity index (χ0) is 22.2. The van der Waals surface area contributed by atoms with Crippen molar-refractivity contribution in [3.8, 4) is 11.1 Å². The Hall–Kier alpha value is -4.20. The Morgan fingerprint density at radius 2 is 1.84 bits per heavy atom. The molecule has 5 rings (SSSR count). The maximum atomic E-state index is 12.8. The van der Waals surface area contributed by atoms with Crippen LogP contribution in [-0.4, -0.2) is 34.0 Å². The molecule has 0 bridgehead atoms. The summed E-state index contributed by atoms with van der Waals surface area (Å²) in [5.74, 6) is 1.10. The number of aromatic amines is 1. The van der Waals surface area contributed by atoms with Gasteiger partial charge >= 0.3 is 5.63 Å². The Morgan fingerprint density at radius 3 is 2.66 bits per heavy atom. The van der Waals surface area contributed by atoms with Gasteiger partial charge in [-0.05, 0) is 30.7 Å². The fraction of sp³-hybridized carbons (Fsp3) is 0.167. The zero-order valence-corrected chi connectivity index (χ0v) is 18.0. The van der Waals surface area contributed by atoms with E-state index >= 15 is 0 Å². The first-order valence-electron chi connectivity index (χ1n) is 10.3. The Balaban J connectivity index is 1.70. The monoisotopic (exact) mass is 426 g/mol. The van der Waals surface area contributed by atoms with Gasteiger partial charge in [-0.15, -0.1) is 0 Å². The molecule has 0 amide bonds. The van der Waals surface area contributed by atoms with Crippen LogP contribution in [0.4, 0.5) is 11.5 Å². The highest BCUT2D eigenvalue weighted by Gasteiger charge is 2.22. The number of anilines is 2. The maximum Gasteiger partial charge on any atom is 0.343 e. The molecule has 3 aromatic heterocycles. The summed E-state index contributed by atoms with van der Waals surface area (Å²) < 4.78 is 5.90. The second-order valence-electron chi connectivity index (χ2n) is 7.81. The van der Waals surface area contributed by atoms with Gasteiger partial charge in [0.05, 0.1) is 17.8 Å². The molecule has 3 heterocycles. The summed E-state index contributed by atoms with van der Waals surface area (Å²) in [5, 5.41) is 4.74. The summed E-state index contributed by atoms with van der Waals surface area (Å²) in [6.07, 6.45) is 3.04. The normalized spacial score (nSPS) is 12.2. The van der Waals surface area contributed by atoms with Crippen molar-refractivity contribution in [2.24, 2.45) is 0 Å². The average Bonchev–Trinajstić information content (AvgIpc) is 3.29. The summed E-state index contributed by atoms with van der Waals surface area (Å²) in [6.45, 7) is 1.94. The Kier molecular flexibility index (Phi) is 4.82. The Bertz CT molecular complexity index is 1490. The van der Waals surface area contributed by atoms with Crippen molar-refractivity contribution in [1.29, 1.82) is 0 Å². The van der Waals surface area contributed by atoms with Crippen molar-refractivity contribution in [1.82, 2.24) is 19.9 Å². The van der Waals surface area contributed by atoms with Gasteiger partial charge in [0.15, 0.2) is 11.5 Å². The topological polar surface area (TPSA) is 99.9 Å². The molecule has 8 heteroatoms. The Morgan fingerprint density at radius 1 is 1.03 bits per heavy atom. The first-order chi connectivity index (χ1) is 15.5. The molecule has 2 N–H and O–H groups in total. The summed E-state index contributed by atoms with van der Waals surface area (Å²) >= 11 is 0. The molecule has 0 spiro atoms. The SMILES string of the molecule is CC(Nc1ncnc2[nH]cnc12)c1oc(=O)c2ccccc2c1-c1cccc(N(C)C)c1. The average molecular weight is 426 g/mol. The fourth-order valence-corrected chi connectivity index (χ4v) is 3.90. The first kappa shape index (κ1) is 19.7. The standard InChI is InChI=1S/C24H22N6O2/c1-14(29-23-20-22(26-12-25-20)27-13-28-23)21-19(15-7-6-8-16(11-15)30(2)3)17-9-4-5-10-18(17)24(31)32-21/h4-14H,1-3H3,(H2,25,26,27,28,29). The highest BCUT2D eigenvalue weighted by atomic mass is 16.4. The van der Waals surface area contributed by atoms with Crippen molar-refractivity contribution in [2.45, 2.75) is 13.0 Å². The van der Waals surface area contributed by atoms with Gasteiger partial charge in [0.1, 0.15) is 17.6 Å². The molecule has 160 valence electrons. The molecule has 2 aromatic carbocycles. The van der Waals surface area contributed by atoms with E-state index in [0.717, 1.165) is 22.2 Å². The first-order valence-corrected chi connectivity index (χ1v) is 10.3. The lowest BCUT2D eigenvalue weighted by atomic mass is 9.95. The number of hydrogen-bond acceptors (Lipinski definition) is 7. The second-order valence-corrected chi connectivity index (χ2v) is 7.81. The van der Waals surface area contributed by atoms with Crippen LogP contribution in [0.15, 0.2) is 70.4 Å². The van der Waals surface area contributed by atoms with Gasteiger partial charge in [0.25, 0.3) is 0 Å². The number of fused-ring (bicyclic) bond motifs is 2. The van der Waals surface area contributed by atoms with Crippen molar-refractivity contribution >= 4 is 33.4 Å². The van der Waals surface area contributed by atoms with Crippen LogP contribution in [0.3, 0.4) is 0 Å². The molecular formula is C24H22N6O2. The van der Waals surface area contributed by atoms with Crippen LogP contribution in [0.2, 0.25) is 0 Å². The molecule has 5 aromatic rings. The van der Waals surface area contributed by atoms with Crippen LogP contribution >= 0.6 is 0 Å². The number of imidazole rings is 1. The van der Waals surface area contributed by atoms with Crippen molar-refractivity contribution in [3.63, 3.8) is 0 Å². The minimum Gasteiger partial charge on any atom is -0.425 e. The van der Waals surface area contributed by atoms with Gasteiger partial charge in [-0.3, -0.25) is 0 Å². The lowest BCUT2D eigenvalue weighted by Gasteiger charge is -2.20. The molecule has 0 saturated carbocycles. The third-order valence-electron chi connectivity index (χ3n) is 5.48. The van der Waals surface area contributed by atoms with Gasteiger partial charge in [-0.25, -0.2) is 19.7 Å². The molecule has 0 radical (unpaired) electrons. The summed E-state index contributed by atoms with van der Waals surface area (Å²) in [7, 11) is 4.00. The molecule has 0 aliphatic carbocycles. The number of aromatic nitrogens is 4. The molecule has 8 nitrogen and oxygen atoms in total. The fourth-order valence-electron chi connectivity index (χ4n) is 3.90. The molecule has 1 unspecified atom stereocenters. The van der Waals surface area contributed by atoms with Crippen molar-refractivity contribution in [2.75, 3.05) is 24.3 Å².